The maximum Gasteiger partial charge on any atom is 0.0991 e. The number of rotatable bonds is 1. The Hall–Kier alpha value is -1.79. The molecule has 0 amide bonds. The predicted molar refractivity (Wildman–Crippen MR) is 83.7 cm³/mol. The highest BCUT2D eigenvalue weighted by Gasteiger charge is 2.15. The lowest BCUT2D eigenvalue weighted by Crippen LogP contribution is -2.23. The van der Waals surface area contributed by atoms with Crippen LogP contribution < -0.4 is 0 Å². The summed E-state index contributed by atoms with van der Waals surface area (Å²) < 4.78 is 0. The van der Waals surface area contributed by atoms with Crippen molar-refractivity contribution in [3.63, 3.8) is 0 Å². The summed E-state index contributed by atoms with van der Waals surface area (Å²) in [7, 11) is 4.35. The number of fused-ring (bicyclic) bond motifs is 1. The van der Waals surface area contributed by atoms with E-state index in [1.165, 1.54) is 31.2 Å². The summed E-state index contributed by atoms with van der Waals surface area (Å²) in [5.41, 5.74) is 2.99. The van der Waals surface area contributed by atoms with Gasteiger partial charge in [0, 0.05) is 23.1 Å². The van der Waals surface area contributed by atoms with Crippen molar-refractivity contribution in [3.05, 3.63) is 35.5 Å². The Morgan fingerprint density at radius 3 is 2.50 bits per heavy atom. The van der Waals surface area contributed by atoms with Gasteiger partial charge in [-0.25, -0.2) is 0 Å². The third kappa shape index (κ3) is 3.40. The first-order valence-electron chi connectivity index (χ1n) is 7.26. The van der Waals surface area contributed by atoms with Crippen LogP contribution in [0, 0.1) is 18.3 Å². The zero-order valence-corrected chi connectivity index (χ0v) is 12.6. The Bertz CT molecular complexity index is 598. The van der Waals surface area contributed by atoms with Crippen LogP contribution >= 0.6 is 0 Å². The maximum absolute atomic E-state index is 8.67. The fraction of sp³-hybridized carbons (Fsp3) is 0.471. The second kappa shape index (κ2) is 6.58. The lowest BCUT2D eigenvalue weighted by Gasteiger charge is -2.17. The fourth-order valence-corrected chi connectivity index (χ4v) is 2.75. The number of aromatic nitrogens is 1. The molecule has 1 aliphatic rings. The largest absolute Gasteiger partial charge is 0.361 e. The molecule has 1 saturated carbocycles. The highest BCUT2D eigenvalue weighted by atomic mass is 15.1. The van der Waals surface area contributed by atoms with Crippen molar-refractivity contribution in [2.75, 3.05) is 14.1 Å². The smallest absolute Gasteiger partial charge is 0.0991 e. The van der Waals surface area contributed by atoms with Crippen molar-refractivity contribution in [2.24, 2.45) is 0 Å². The van der Waals surface area contributed by atoms with Gasteiger partial charge in [-0.05, 0) is 57.6 Å². The topological polar surface area (TPSA) is 42.8 Å². The molecular formula is C17H23N3. The summed E-state index contributed by atoms with van der Waals surface area (Å²) in [6.07, 6.45) is 7.69. The summed E-state index contributed by atoms with van der Waals surface area (Å²) in [5, 5.41) is 9.80. The lowest BCUT2D eigenvalue weighted by atomic mass is 10.1. The minimum atomic E-state index is 0.713. The normalized spacial score (nSPS) is 15.2. The minimum absolute atomic E-state index is 0.713. The molecule has 1 aromatic heterocycles. The zero-order chi connectivity index (χ0) is 14.5. The number of H-pyrrole nitrogens is 1. The molecule has 0 bridgehead atoms. The molecule has 0 unspecified atom stereocenters. The highest BCUT2D eigenvalue weighted by molar-refractivity contribution is 5.84. The van der Waals surface area contributed by atoms with E-state index in [0.29, 0.717) is 5.56 Å². The molecule has 1 heterocycles. The molecule has 1 aliphatic carbocycles. The van der Waals surface area contributed by atoms with E-state index in [-0.39, 0.29) is 0 Å². The maximum atomic E-state index is 8.67. The van der Waals surface area contributed by atoms with E-state index in [0.717, 1.165) is 16.9 Å². The van der Waals surface area contributed by atoms with E-state index in [1.807, 2.05) is 31.3 Å². The van der Waals surface area contributed by atoms with Gasteiger partial charge in [-0.2, -0.15) is 5.26 Å². The number of aromatic amines is 1. The summed E-state index contributed by atoms with van der Waals surface area (Å²) in [6, 6.07) is 8.67. The van der Waals surface area contributed by atoms with E-state index in [1.54, 1.807) is 0 Å². The lowest BCUT2D eigenvalue weighted by molar-refractivity contribution is 0.299. The number of nitrogens with one attached hydrogen (secondary N) is 1. The molecule has 0 radical (unpaired) electrons. The van der Waals surface area contributed by atoms with Crippen molar-refractivity contribution < 1.29 is 0 Å². The molecule has 0 saturated heterocycles. The van der Waals surface area contributed by atoms with Gasteiger partial charge in [0.25, 0.3) is 0 Å². The van der Waals surface area contributed by atoms with Crippen molar-refractivity contribution in [3.8, 4) is 6.07 Å². The average molecular weight is 269 g/mol. The monoisotopic (exact) mass is 269 g/mol. The number of aryl methyl sites for hydroxylation is 1. The molecule has 3 heteroatoms. The standard InChI is InChI=1S/C10H8N2.C7H15N/c1-7-6-12-10-3-2-8(5-11)4-9(7)10;1-8(2)7-5-3-4-6-7/h2-4,6,12H,1H3;7H,3-6H2,1-2H3. The number of benzene rings is 1. The van der Waals surface area contributed by atoms with Gasteiger partial charge < -0.3 is 9.88 Å². The van der Waals surface area contributed by atoms with Crippen LogP contribution in [-0.2, 0) is 0 Å². The Morgan fingerprint density at radius 1 is 1.25 bits per heavy atom. The van der Waals surface area contributed by atoms with Gasteiger partial charge in [0.1, 0.15) is 0 Å². The first-order chi connectivity index (χ1) is 9.61. The van der Waals surface area contributed by atoms with Crippen LogP contribution in [0.5, 0.6) is 0 Å². The van der Waals surface area contributed by atoms with Gasteiger partial charge in [0.05, 0.1) is 11.6 Å². The van der Waals surface area contributed by atoms with Crippen molar-refractivity contribution in [1.29, 1.82) is 5.26 Å². The van der Waals surface area contributed by atoms with Gasteiger partial charge in [-0.1, -0.05) is 12.8 Å². The second-order valence-electron chi connectivity index (χ2n) is 5.75. The first kappa shape index (κ1) is 14.6. The third-order valence-electron chi connectivity index (χ3n) is 4.07. The summed E-state index contributed by atoms with van der Waals surface area (Å²) in [4.78, 5) is 5.47. The first-order valence-corrected chi connectivity index (χ1v) is 7.26. The Balaban J connectivity index is 0.000000160. The van der Waals surface area contributed by atoms with E-state index in [4.69, 9.17) is 5.26 Å². The van der Waals surface area contributed by atoms with E-state index >= 15 is 0 Å². The Morgan fingerprint density at radius 2 is 1.95 bits per heavy atom. The van der Waals surface area contributed by atoms with Crippen LogP contribution in [0.3, 0.4) is 0 Å². The van der Waals surface area contributed by atoms with Crippen LogP contribution in [0.15, 0.2) is 24.4 Å². The highest BCUT2D eigenvalue weighted by Crippen LogP contribution is 2.20. The number of hydrogen-bond donors (Lipinski definition) is 1. The molecule has 3 nitrogen and oxygen atoms in total. The number of hydrogen-bond acceptors (Lipinski definition) is 2. The summed E-state index contributed by atoms with van der Waals surface area (Å²) in [5.74, 6) is 0. The van der Waals surface area contributed by atoms with Crippen molar-refractivity contribution >= 4 is 10.9 Å². The van der Waals surface area contributed by atoms with Crippen LogP contribution in [0.4, 0.5) is 0 Å². The van der Waals surface area contributed by atoms with E-state index in [2.05, 4.69) is 30.0 Å². The predicted octanol–water partition coefficient (Wildman–Crippen LogP) is 3.84. The SMILES string of the molecule is CN(C)C1CCCC1.Cc1c[nH]c2ccc(C#N)cc12. The molecule has 3 rings (SSSR count). The molecule has 106 valence electrons. The number of nitrogens with zero attached hydrogens (tertiary/aromatic N) is 2. The summed E-state index contributed by atoms with van der Waals surface area (Å²) >= 11 is 0. The molecule has 1 N–H and O–H groups in total. The second-order valence-corrected chi connectivity index (χ2v) is 5.75. The quantitative estimate of drug-likeness (QED) is 0.854. The molecule has 1 fully saturated rings. The van der Waals surface area contributed by atoms with Crippen LogP contribution in [0.1, 0.15) is 36.8 Å². The minimum Gasteiger partial charge on any atom is -0.361 e. The van der Waals surface area contributed by atoms with Gasteiger partial charge >= 0.3 is 0 Å². The molecule has 0 atom stereocenters. The summed E-state index contributed by atoms with van der Waals surface area (Å²) in [6.45, 7) is 2.03. The Labute approximate surface area is 121 Å². The van der Waals surface area contributed by atoms with Gasteiger partial charge in [-0.15, -0.1) is 0 Å². The molecule has 0 spiro atoms. The van der Waals surface area contributed by atoms with Gasteiger partial charge in [0.15, 0.2) is 0 Å². The molecular weight excluding hydrogens is 246 g/mol. The molecule has 2 aromatic rings. The zero-order valence-electron chi connectivity index (χ0n) is 12.6. The van der Waals surface area contributed by atoms with Crippen LogP contribution in [-0.4, -0.2) is 30.0 Å². The van der Waals surface area contributed by atoms with E-state index < -0.39 is 0 Å². The number of nitriles is 1. The van der Waals surface area contributed by atoms with Crippen molar-refractivity contribution in [2.45, 2.75) is 38.6 Å². The third-order valence-corrected chi connectivity index (χ3v) is 4.07. The Kier molecular flexibility index (Phi) is 4.81. The molecule has 20 heavy (non-hydrogen) atoms. The molecule has 1 aromatic carbocycles. The molecule has 0 aliphatic heterocycles. The van der Waals surface area contributed by atoms with Crippen molar-refractivity contribution in [1.82, 2.24) is 9.88 Å². The average Bonchev–Trinajstić information content (AvgIpc) is 3.10. The van der Waals surface area contributed by atoms with Gasteiger partial charge in [-0.3, -0.25) is 0 Å². The fourth-order valence-electron chi connectivity index (χ4n) is 2.75. The van der Waals surface area contributed by atoms with E-state index in [9.17, 15) is 0 Å². The van der Waals surface area contributed by atoms with Gasteiger partial charge in [0.2, 0.25) is 0 Å². The van der Waals surface area contributed by atoms with Crippen LogP contribution in [0.25, 0.3) is 10.9 Å². The van der Waals surface area contributed by atoms with Crippen LogP contribution in [0.2, 0.25) is 0 Å².